The number of carbonyl (C=O) groups excluding carboxylic acids is 1. The first-order valence-corrected chi connectivity index (χ1v) is 7.51. The van der Waals surface area contributed by atoms with Crippen LogP contribution in [-0.4, -0.2) is 27.1 Å². The van der Waals surface area contributed by atoms with Crippen LogP contribution in [0.2, 0.25) is 5.02 Å². The Labute approximate surface area is 129 Å². The molecule has 0 unspecified atom stereocenters. The van der Waals surface area contributed by atoms with Crippen molar-refractivity contribution < 1.29 is 4.79 Å². The van der Waals surface area contributed by atoms with Crippen LogP contribution in [0.3, 0.4) is 0 Å². The molecule has 21 heavy (non-hydrogen) atoms. The van der Waals surface area contributed by atoms with Crippen molar-refractivity contribution in [3.05, 3.63) is 52.3 Å². The molecule has 0 spiro atoms. The monoisotopic (exact) mass is 303 g/mol. The van der Waals surface area contributed by atoms with E-state index in [9.17, 15) is 4.79 Å². The number of rotatable bonds is 2. The third-order valence-electron chi connectivity index (χ3n) is 4.16. The molecule has 110 valence electrons. The molecule has 3 rings (SSSR count). The van der Waals surface area contributed by atoms with Crippen molar-refractivity contribution >= 4 is 17.5 Å². The van der Waals surface area contributed by atoms with E-state index in [4.69, 9.17) is 11.6 Å². The molecule has 1 aliphatic rings. The number of likely N-dealkylation sites (tertiary alicyclic amines) is 1. The number of hydrogen-bond acceptors (Lipinski definition) is 2. The number of aryl methyl sites for hydroxylation is 2. The third kappa shape index (κ3) is 2.44. The van der Waals surface area contributed by atoms with Gasteiger partial charge in [-0.25, -0.2) is 0 Å². The first-order valence-electron chi connectivity index (χ1n) is 7.13. The molecule has 1 aliphatic heterocycles. The van der Waals surface area contributed by atoms with Crippen molar-refractivity contribution in [1.29, 1.82) is 0 Å². The normalized spacial score (nSPS) is 18.2. The molecular weight excluding hydrogens is 286 g/mol. The summed E-state index contributed by atoms with van der Waals surface area (Å²) in [6.45, 7) is 2.85. The molecule has 0 aliphatic carbocycles. The Morgan fingerprint density at radius 2 is 2.14 bits per heavy atom. The Hall–Kier alpha value is -1.81. The van der Waals surface area contributed by atoms with Gasteiger partial charge in [-0.2, -0.15) is 5.10 Å². The van der Waals surface area contributed by atoms with Crippen LogP contribution in [0.25, 0.3) is 0 Å². The molecule has 0 bridgehead atoms. The van der Waals surface area contributed by atoms with Gasteiger partial charge in [0, 0.05) is 13.6 Å². The summed E-state index contributed by atoms with van der Waals surface area (Å²) in [4.78, 5) is 14.7. The summed E-state index contributed by atoms with van der Waals surface area (Å²) in [6.07, 6.45) is 3.53. The second-order valence-electron chi connectivity index (χ2n) is 5.48. The van der Waals surface area contributed by atoms with Gasteiger partial charge in [0.1, 0.15) is 5.69 Å². The molecule has 5 heteroatoms. The van der Waals surface area contributed by atoms with Crippen molar-refractivity contribution in [2.75, 3.05) is 6.54 Å². The first kappa shape index (κ1) is 14.1. The summed E-state index contributed by atoms with van der Waals surface area (Å²) >= 11 is 6.11. The maximum absolute atomic E-state index is 12.8. The van der Waals surface area contributed by atoms with E-state index in [0.717, 1.165) is 19.4 Å². The van der Waals surface area contributed by atoms with E-state index in [-0.39, 0.29) is 11.9 Å². The fourth-order valence-corrected chi connectivity index (χ4v) is 3.33. The molecule has 0 radical (unpaired) electrons. The lowest BCUT2D eigenvalue weighted by molar-refractivity contribution is 0.0724. The molecule has 1 aromatic heterocycles. The Kier molecular flexibility index (Phi) is 3.72. The Balaban J connectivity index is 1.95. The summed E-state index contributed by atoms with van der Waals surface area (Å²) in [5.74, 6) is -0.0363. The minimum Gasteiger partial charge on any atom is -0.330 e. The van der Waals surface area contributed by atoms with Gasteiger partial charge in [0.05, 0.1) is 17.3 Å². The summed E-state index contributed by atoms with van der Waals surface area (Å²) in [7, 11) is 1.75. The lowest BCUT2D eigenvalue weighted by Crippen LogP contribution is -2.32. The summed E-state index contributed by atoms with van der Waals surface area (Å²) in [5.41, 5.74) is 2.91. The molecule has 4 nitrogen and oxygen atoms in total. The topological polar surface area (TPSA) is 38.1 Å². The van der Waals surface area contributed by atoms with Crippen molar-refractivity contribution in [3.8, 4) is 0 Å². The van der Waals surface area contributed by atoms with Crippen LogP contribution in [-0.2, 0) is 7.05 Å². The molecule has 1 aromatic carbocycles. The number of carbonyl (C=O) groups is 1. The average Bonchev–Trinajstić information content (AvgIpc) is 3.06. The Morgan fingerprint density at radius 1 is 1.38 bits per heavy atom. The van der Waals surface area contributed by atoms with Gasteiger partial charge in [0.15, 0.2) is 0 Å². The van der Waals surface area contributed by atoms with Gasteiger partial charge in [-0.05, 0) is 30.9 Å². The van der Waals surface area contributed by atoms with E-state index in [0.29, 0.717) is 10.7 Å². The van der Waals surface area contributed by atoms with Crippen LogP contribution in [0.5, 0.6) is 0 Å². The van der Waals surface area contributed by atoms with Gasteiger partial charge in [0.25, 0.3) is 5.91 Å². The number of nitrogens with zero attached hydrogens (tertiary/aromatic N) is 3. The largest absolute Gasteiger partial charge is 0.330 e. The van der Waals surface area contributed by atoms with Crippen LogP contribution in [0, 0.1) is 6.92 Å². The lowest BCUT2D eigenvalue weighted by atomic mass is 9.99. The van der Waals surface area contributed by atoms with E-state index in [2.05, 4.69) is 24.2 Å². The van der Waals surface area contributed by atoms with Gasteiger partial charge >= 0.3 is 0 Å². The highest BCUT2D eigenvalue weighted by molar-refractivity contribution is 6.33. The zero-order chi connectivity index (χ0) is 15.0. The third-order valence-corrected chi connectivity index (χ3v) is 4.43. The minimum atomic E-state index is -0.0363. The van der Waals surface area contributed by atoms with Crippen molar-refractivity contribution in [2.45, 2.75) is 25.8 Å². The number of halogens is 1. The van der Waals surface area contributed by atoms with Crippen LogP contribution in [0.15, 0.2) is 30.5 Å². The number of aromatic nitrogens is 2. The zero-order valence-electron chi connectivity index (χ0n) is 12.2. The highest BCUT2D eigenvalue weighted by Gasteiger charge is 2.33. The fraction of sp³-hybridized carbons (Fsp3) is 0.375. The molecule has 0 saturated carbocycles. The van der Waals surface area contributed by atoms with Crippen LogP contribution >= 0.6 is 11.6 Å². The second kappa shape index (κ2) is 5.53. The van der Waals surface area contributed by atoms with Crippen LogP contribution in [0.1, 0.15) is 40.5 Å². The highest BCUT2D eigenvalue weighted by atomic mass is 35.5. The molecule has 1 amide bonds. The fourth-order valence-electron chi connectivity index (χ4n) is 3.08. The lowest BCUT2D eigenvalue weighted by Gasteiger charge is -2.26. The Bertz CT molecular complexity index is 660. The minimum absolute atomic E-state index is 0.0363. The highest BCUT2D eigenvalue weighted by Crippen LogP contribution is 2.35. The standard InChI is InChI=1S/C16H18ClN3O/c1-11-6-3-4-7-12(11)14-8-5-9-20(14)16(21)15-13(17)10-18-19(15)2/h3-4,6-7,10,14H,5,8-9H2,1-2H3/t14-/m0/s1. The number of hydrogen-bond donors (Lipinski definition) is 0. The van der Waals surface area contributed by atoms with E-state index in [1.165, 1.54) is 17.3 Å². The average molecular weight is 304 g/mol. The van der Waals surface area contributed by atoms with E-state index in [1.54, 1.807) is 11.7 Å². The molecule has 1 saturated heterocycles. The smallest absolute Gasteiger partial charge is 0.274 e. The van der Waals surface area contributed by atoms with Crippen LogP contribution < -0.4 is 0 Å². The van der Waals surface area contributed by atoms with Gasteiger partial charge in [-0.15, -0.1) is 0 Å². The second-order valence-corrected chi connectivity index (χ2v) is 5.89. The van der Waals surface area contributed by atoms with Crippen molar-refractivity contribution in [2.24, 2.45) is 7.05 Å². The molecule has 0 N–H and O–H groups in total. The number of benzene rings is 1. The van der Waals surface area contributed by atoms with E-state index in [1.807, 2.05) is 17.0 Å². The van der Waals surface area contributed by atoms with Gasteiger partial charge < -0.3 is 4.90 Å². The SMILES string of the molecule is Cc1ccccc1[C@@H]1CCCN1C(=O)c1c(Cl)cnn1C. The molecule has 2 aromatic rings. The summed E-state index contributed by atoms with van der Waals surface area (Å²) in [6, 6.07) is 8.38. The van der Waals surface area contributed by atoms with Crippen LogP contribution in [0.4, 0.5) is 0 Å². The first-order chi connectivity index (χ1) is 10.1. The van der Waals surface area contributed by atoms with Crippen molar-refractivity contribution in [1.82, 2.24) is 14.7 Å². The van der Waals surface area contributed by atoms with Gasteiger partial charge in [0.2, 0.25) is 0 Å². The zero-order valence-corrected chi connectivity index (χ0v) is 13.0. The molecule has 1 atom stereocenters. The maximum Gasteiger partial charge on any atom is 0.274 e. The molecule has 2 heterocycles. The van der Waals surface area contributed by atoms with E-state index < -0.39 is 0 Å². The van der Waals surface area contributed by atoms with E-state index >= 15 is 0 Å². The van der Waals surface area contributed by atoms with Gasteiger partial charge in [-0.3, -0.25) is 9.48 Å². The molecule has 1 fully saturated rings. The quantitative estimate of drug-likeness (QED) is 0.853. The van der Waals surface area contributed by atoms with Gasteiger partial charge in [-0.1, -0.05) is 35.9 Å². The summed E-state index contributed by atoms with van der Waals surface area (Å²) in [5, 5.41) is 4.48. The predicted octanol–water partition coefficient (Wildman–Crippen LogP) is 3.36. The maximum atomic E-state index is 12.8. The predicted molar refractivity (Wildman–Crippen MR) is 82.4 cm³/mol. The van der Waals surface area contributed by atoms with Crippen molar-refractivity contribution in [3.63, 3.8) is 0 Å². The molecular formula is C16H18ClN3O. The summed E-state index contributed by atoms with van der Waals surface area (Å²) < 4.78 is 1.55. The number of amides is 1. The Morgan fingerprint density at radius 3 is 2.81 bits per heavy atom.